The van der Waals surface area contributed by atoms with Crippen LogP contribution in [0.4, 0.5) is 0 Å². The second kappa shape index (κ2) is 7.94. The molecule has 3 N–H and O–H groups in total. The number of carbonyl (C=O) groups excluding carboxylic acids is 2. The van der Waals surface area contributed by atoms with Crippen molar-refractivity contribution in [3.63, 3.8) is 0 Å². The van der Waals surface area contributed by atoms with Crippen LogP contribution in [0.25, 0.3) is 0 Å². The molecule has 2 unspecified atom stereocenters. The molecule has 1 aromatic carbocycles. The number of likely N-dealkylation sites (tertiary alicyclic amines) is 1. The van der Waals surface area contributed by atoms with Crippen LogP contribution in [-0.2, 0) is 20.9 Å². The van der Waals surface area contributed by atoms with Crippen LogP contribution in [-0.4, -0.2) is 56.2 Å². The van der Waals surface area contributed by atoms with E-state index in [1.165, 1.54) is 7.11 Å². The van der Waals surface area contributed by atoms with E-state index in [9.17, 15) is 9.59 Å². The summed E-state index contributed by atoms with van der Waals surface area (Å²) in [6.45, 7) is 1.25. The van der Waals surface area contributed by atoms with Crippen molar-refractivity contribution in [2.24, 2.45) is 5.73 Å². The number of nitrogens with zero attached hydrogens (tertiary/aromatic N) is 1. The summed E-state index contributed by atoms with van der Waals surface area (Å²) in [6.07, 6.45) is 0.584. The molecule has 7 heteroatoms. The summed E-state index contributed by atoms with van der Waals surface area (Å²) >= 11 is 0. The number of nitrogens with one attached hydrogen (secondary N) is 1. The molecule has 2 rings (SSSR count). The van der Waals surface area contributed by atoms with Gasteiger partial charge in [-0.3, -0.25) is 9.59 Å². The van der Waals surface area contributed by atoms with Crippen LogP contribution in [0.2, 0.25) is 0 Å². The maximum atomic E-state index is 12.4. The van der Waals surface area contributed by atoms with Gasteiger partial charge in [0, 0.05) is 20.2 Å². The minimum absolute atomic E-state index is 0.0845. The molecule has 2 amide bonds. The summed E-state index contributed by atoms with van der Waals surface area (Å²) in [5, 5.41) is 2.69. The maximum absolute atomic E-state index is 12.4. The van der Waals surface area contributed by atoms with Gasteiger partial charge in [-0.2, -0.15) is 0 Å². The molecule has 0 aliphatic carbocycles. The molecular weight excluding hydrogens is 298 g/mol. The summed E-state index contributed by atoms with van der Waals surface area (Å²) < 4.78 is 9.96. The fraction of sp³-hybridized carbons (Fsp3) is 0.500. The number of hydrogen-bond acceptors (Lipinski definition) is 5. The maximum Gasteiger partial charge on any atom is 0.245 e. The van der Waals surface area contributed by atoms with E-state index in [0.29, 0.717) is 19.5 Å². The smallest absolute Gasteiger partial charge is 0.245 e. The summed E-state index contributed by atoms with van der Waals surface area (Å²) in [6, 6.07) is 6.30. The molecule has 0 saturated carbocycles. The SMILES string of the molecule is COCC(N)C(=O)NC1CCN(Cc2ccc(OC)cc2)C1=O. The molecule has 126 valence electrons. The molecular formula is C16H23N3O4. The zero-order valence-corrected chi connectivity index (χ0v) is 13.5. The predicted molar refractivity (Wildman–Crippen MR) is 84.8 cm³/mol. The Morgan fingerprint density at radius 3 is 2.70 bits per heavy atom. The van der Waals surface area contributed by atoms with Crippen molar-refractivity contribution in [3.8, 4) is 5.75 Å². The molecule has 0 bridgehead atoms. The molecule has 0 aromatic heterocycles. The zero-order valence-electron chi connectivity index (χ0n) is 13.5. The molecule has 1 saturated heterocycles. The van der Waals surface area contributed by atoms with Gasteiger partial charge in [0.1, 0.15) is 17.8 Å². The van der Waals surface area contributed by atoms with E-state index in [1.807, 2.05) is 24.3 Å². The van der Waals surface area contributed by atoms with Crippen LogP contribution in [0.1, 0.15) is 12.0 Å². The second-order valence-electron chi connectivity index (χ2n) is 5.52. The minimum Gasteiger partial charge on any atom is -0.497 e. The summed E-state index contributed by atoms with van der Waals surface area (Å²) in [5.41, 5.74) is 6.68. The largest absolute Gasteiger partial charge is 0.497 e. The van der Waals surface area contributed by atoms with Gasteiger partial charge in [0.15, 0.2) is 0 Å². The molecule has 23 heavy (non-hydrogen) atoms. The number of amides is 2. The lowest BCUT2D eigenvalue weighted by Crippen LogP contribution is -2.49. The van der Waals surface area contributed by atoms with Gasteiger partial charge in [0.2, 0.25) is 11.8 Å². The highest BCUT2D eigenvalue weighted by Crippen LogP contribution is 2.17. The van der Waals surface area contributed by atoms with Crippen LogP contribution >= 0.6 is 0 Å². The van der Waals surface area contributed by atoms with Gasteiger partial charge >= 0.3 is 0 Å². The average Bonchev–Trinajstić information content (AvgIpc) is 2.89. The number of carbonyl (C=O) groups is 2. The van der Waals surface area contributed by atoms with Crippen LogP contribution in [0, 0.1) is 0 Å². The standard InChI is InChI=1S/C16H23N3O4/c1-22-10-13(17)15(20)18-14-7-8-19(16(14)21)9-11-3-5-12(23-2)6-4-11/h3-6,13-14H,7-10,17H2,1-2H3,(H,18,20). The van der Waals surface area contributed by atoms with E-state index in [2.05, 4.69) is 5.32 Å². The van der Waals surface area contributed by atoms with Gasteiger partial charge in [-0.05, 0) is 24.1 Å². The Bertz CT molecular complexity index is 547. The summed E-state index contributed by atoms with van der Waals surface area (Å²) in [5.74, 6) is 0.328. The topological polar surface area (TPSA) is 93.9 Å². The Kier molecular flexibility index (Phi) is 5.95. The highest BCUT2D eigenvalue weighted by Gasteiger charge is 2.33. The van der Waals surface area contributed by atoms with Crippen LogP contribution in [0.15, 0.2) is 24.3 Å². The molecule has 1 heterocycles. The first kappa shape index (κ1) is 17.2. The Balaban J connectivity index is 1.89. The van der Waals surface area contributed by atoms with Gasteiger partial charge in [0.25, 0.3) is 0 Å². The van der Waals surface area contributed by atoms with E-state index in [4.69, 9.17) is 15.2 Å². The van der Waals surface area contributed by atoms with Crippen molar-refractivity contribution in [2.75, 3.05) is 27.4 Å². The van der Waals surface area contributed by atoms with E-state index in [0.717, 1.165) is 11.3 Å². The van der Waals surface area contributed by atoms with Crippen molar-refractivity contribution in [2.45, 2.75) is 25.0 Å². The van der Waals surface area contributed by atoms with Crippen molar-refractivity contribution >= 4 is 11.8 Å². The summed E-state index contributed by atoms with van der Waals surface area (Å²) in [7, 11) is 3.09. The van der Waals surface area contributed by atoms with Gasteiger partial charge in [0.05, 0.1) is 13.7 Å². The highest BCUT2D eigenvalue weighted by atomic mass is 16.5. The Hall–Kier alpha value is -2.12. The molecule has 0 radical (unpaired) electrons. The molecule has 1 aromatic rings. The normalized spacial score (nSPS) is 18.8. The second-order valence-corrected chi connectivity index (χ2v) is 5.52. The number of nitrogens with two attached hydrogens (primary N) is 1. The Morgan fingerprint density at radius 2 is 2.09 bits per heavy atom. The molecule has 1 aliphatic rings. The first-order valence-electron chi connectivity index (χ1n) is 7.51. The third-order valence-corrected chi connectivity index (χ3v) is 3.83. The number of methoxy groups -OCH3 is 2. The number of hydrogen-bond donors (Lipinski definition) is 2. The zero-order chi connectivity index (χ0) is 16.8. The fourth-order valence-corrected chi connectivity index (χ4v) is 2.52. The van der Waals surface area contributed by atoms with Crippen molar-refractivity contribution in [1.29, 1.82) is 0 Å². The molecule has 1 fully saturated rings. The van der Waals surface area contributed by atoms with E-state index < -0.39 is 12.1 Å². The van der Waals surface area contributed by atoms with Gasteiger partial charge in [-0.25, -0.2) is 0 Å². The third-order valence-electron chi connectivity index (χ3n) is 3.83. The van der Waals surface area contributed by atoms with Crippen LogP contribution in [0.5, 0.6) is 5.75 Å². The van der Waals surface area contributed by atoms with Gasteiger partial charge in [-0.15, -0.1) is 0 Å². The van der Waals surface area contributed by atoms with Crippen molar-refractivity contribution < 1.29 is 19.1 Å². The number of benzene rings is 1. The molecule has 2 atom stereocenters. The summed E-state index contributed by atoms with van der Waals surface area (Å²) in [4.78, 5) is 26.0. The third kappa shape index (κ3) is 4.43. The quantitative estimate of drug-likeness (QED) is 0.730. The molecule has 1 aliphatic heterocycles. The van der Waals surface area contributed by atoms with Crippen molar-refractivity contribution in [1.82, 2.24) is 10.2 Å². The van der Waals surface area contributed by atoms with Gasteiger partial charge < -0.3 is 25.4 Å². The van der Waals surface area contributed by atoms with Crippen LogP contribution < -0.4 is 15.8 Å². The lowest BCUT2D eigenvalue weighted by atomic mass is 10.2. The Labute approximate surface area is 135 Å². The minimum atomic E-state index is -0.761. The van der Waals surface area contributed by atoms with E-state index in [-0.39, 0.29) is 18.4 Å². The monoisotopic (exact) mass is 321 g/mol. The lowest BCUT2D eigenvalue weighted by molar-refractivity contribution is -0.133. The van der Waals surface area contributed by atoms with Gasteiger partial charge in [-0.1, -0.05) is 12.1 Å². The molecule has 0 spiro atoms. The fourth-order valence-electron chi connectivity index (χ4n) is 2.52. The predicted octanol–water partition coefficient (Wildman–Crippen LogP) is -0.114. The Morgan fingerprint density at radius 1 is 1.39 bits per heavy atom. The number of rotatable bonds is 7. The number of ether oxygens (including phenoxy) is 2. The lowest BCUT2D eigenvalue weighted by Gasteiger charge is -2.18. The first-order valence-corrected chi connectivity index (χ1v) is 7.51. The van der Waals surface area contributed by atoms with E-state index >= 15 is 0 Å². The first-order chi connectivity index (χ1) is 11.0. The molecule has 7 nitrogen and oxygen atoms in total. The highest BCUT2D eigenvalue weighted by molar-refractivity contribution is 5.90. The van der Waals surface area contributed by atoms with Crippen LogP contribution in [0.3, 0.4) is 0 Å². The average molecular weight is 321 g/mol. The van der Waals surface area contributed by atoms with E-state index in [1.54, 1.807) is 12.0 Å². The van der Waals surface area contributed by atoms with Crippen molar-refractivity contribution in [3.05, 3.63) is 29.8 Å².